The average molecular weight is 202 g/mol. The third kappa shape index (κ3) is 2.17. The van der Waals surface area contributed by atoms with Crippen LogP contribution in [0, 0.1) is 20.8 Å². The van der Waals surface area contributed by atoms with E-state index >= 15 is 0 Å². The van der Waals surface area contributed by atoms with E-state index in [4.69, 9.17) is 0 Å². The van der Waals surface area contributed by atoms with Gasteiger partial charge in [-0.2, -0.15) is 0 Å². The van der Waals surface area contributed by atoms with E-state index < -0.39 is 0 Å². The molecule has 0 aliphatic heterocycles. The van der Waals surface area contributed by atoms with Gasteiger partial charge in [0.2, 0.25) is 0 Å². The third-order valence-electron chi connectivity index (χ3n) is 2.88. The Bertz CT molecular complexity index is 425. The van der Waals surface area contributed by atoms with Crippen molar-refractivity contribution in [2.24, 2.45) is 0 Å². The van der Waals surface area contributed by atoms with Crippen LogP contribution >= 0.6 is 0 Å². The molecule has 0 aliphatic carbocycles. The van der Waals surface area contributed by atoms with Gasteiger partial charge >= 0.3 is 0 Å². The maximum atomic E-state index is 11.5. The van der Waals surface area contributed by atoms with Crippen LogP contribution in [0.1, 0.15) is 46.5 Å². The molecule has 0 amide bonds. The minimum absolute atomic E-state index is 0.140. The Morgan fingerprint density at radius 1 is 1.20 bits per heavy atom. The predicted octanol–water partition coefficient (Wildman–Crippen LogP) is 3.85. The normalized spacial score (nSPS) is 11.0. The van der Waals surface area contributed by atoms with Crippen LogP contribution in [0.3, 0.4) is 0 Å². The van der Waals surface area contributed by atoms with Gasteiger partial charge in [-0.3, -0.25) is 4.79 Å². The molecular weight excluding hydrogens is 184 g/mol. The third-order valence-corrected chi connectivity index (χ3v) is 2.88. The zero-order chi connectivity index (χ0) is 11.6. The molecule has 0 N–H and O–H groups in total. The lowest BCUT2D eigenvalue weighted by Gasteiger charge is -2.12. The van der Waals surface area contributed by atoms with Crippen LogP contribution in [-0.4, -0.2) is 5.78 Å². The molecule has 0 unspecified atom stereocenters. The summed E-state index contributed by atoms with van der Waals surface area (Å²) in [7, 11) is 0. The van der Waals surface area contributed by atoms with Gasteiger partial charge in [0.1, 0.15) is 0 Å². The van der Waals surface area contributed by atoms with Crippen LogP contribution < -0.4 is 0 Å². The summed E-state index contributed by atoms with van der Waals surface area (Å²) in [5.41, 5.74) is 5.55. The summed E-state index contributed by atoms with van der Waals surface area (Å²) in [5, 5.41) is 0. The summed E-state index contributed by atoms with van der Waals surface area (Å²) in [5.74, 6) is 0.140. The summed E-state index contributed by atoms with van der Waals surface area (Å²) in [6.45, 7) is 9.78. The summed E-state index contributed by atoms with van der Waals surface area (Å²) in [4.78, 5) is 11.5. The summed E-state index contributed by atoms with van der Waals surface area (Å²) >= 11 is 0. The highest BCUT2D eigenvalue weighted by Crippen LogP contribution is 2.23. The van der Waals surface area contributed by atoms with Crippen molar-refractivity contribution in [3.05, 3.63) is 40.0 Å². The highest BCUT2D eigenvalue weighted by molar-refractivity contribution is 5.97. The van der Waals surface area contributed by atoms with Crippen LogP contribution in [-0.2, 0) is 0 Å². The first kappa shape index (κ1) is 11.7. The van der Waals surface area contributed by atoms with E-state index in [1.165, 1.54) is 16.7 Å². The summed E-state index contributed by atoms with van der Waals surface area (Å²) < 4.78 is 0. The van der Waals surface area contributed by atoms with Crippen molar-refractivity contribution in [2.45, 2.75) is 34.6 Å². The molecule has 1 heteroatoms. The van der Waals surface area contributed by atoms with Crippen molar-refractivity contribution < 1.29 is 4.79 Å². The monoisotopic (exact) mass is 202 g/mol. The van der Waals surface area contributed by atoms with Crippen LogP contribution in [0.5, 0.6) is 0 Å². The van der Waals surface area contributed by atoms with Crippen molar-refractivity contribution >= 4 is 11.9 Å². The number of ketones is 1. The highest BCUT2D eigenvalue weighted by Gasteiger charge is 2.10. The summed E-state index contributed by atoms with van der Waals surface area (Å²) in [6, 6.07) is 1.99. The Morgan fingerprint density at radius 2 is 1.80 bits per heavy atom. The topological polar surface area (TPSA) is 17.1 Å². The first-order chi connectivity index (χ1) is 6.99. The van der Waals surface area contributed by atoms with Crippen molar-refractivity contribution in [3.63, 3.8) is 0 Å². The molecule has 0 fully saturated rings. The molecule has 0 atom stereocenters. The van der Waals surface area contributed by atoms with E-state index in [1.807, 2.05) is 32.9 Å². The Balaban J connectivity index is 3.55. The standard InChI is InChI=1S/C14H18O/c1-6-7-13-10(3)9(2)8-14(11(13)4)12(5)15/h6-8H,1-5H3/b7-6+. The van der Waals surface area contributed by atoms with Crippen molar-refractivity contribution in [1.29, 1.82) is 0 Å². The van der Waals surface area contributed by atoms with E-state index in [0.717, 1.165) is 11.1 Å². The van der Waals surface area contributed by atoms with E-state index in [-0.39, 0.29) is 5.78 Å². The Kier molecular flexibility index (Phi) is 3.46. The fraction of sp³-hybridized carbons (Fsp3) is 0.357. The lowest BCUT2D eigenvalue weighted by Crippen LogP contribution is -2.02. The molecule has 0 aliphatic rings. The second kappa shape index (κ2) is 4.43. The Labute approximate surface area is 91.8 Å². The number of rotatable bonds is 2. The van der Waals surface area contributed by atoms with E-state index in [2.05, 4.69) is 13.0 Å². The number of aryl methyl sites for hydroxylation is 1. The lowest BCUT2D eigenvalue weighted by atomic mass is 9.92. The number of carbonyl (C=O) groups is 1. The average Bonchev–Trinajstić information content (AvgIpc) is 2.18. The minimum atomic E-state index is 0.140. The quantitative estimate of drug-likeness (QED) is 0.666. The number of Topliss-reactive ketones (excluding diaryl/α,β-unsaturated/α-hetero) is 1. The van der Waals surface area contributed by atoms with Crippen LogP contribution in [0.4, 0.5) is 0 Å². The van der Waals surface area contributed by atoms with Crippen LogP contribution in [0.25, 0.3) is 6.08 Å². The van der Waals surface area contributed by atoms with Gasteiger partial charge in [-0.05, 0) is 62.9 Å². The molecule has 15 heavy (non-hydrogen) atoms. The first-order valence-corrected chi connectivity index (χ1v) is 5.23. The fourth-order valence-corrected chi connectivity index (χ4v) is 1.85. The molecule has 1 rings (SSSR count). The lowest BCUT2D eigenvalue weighted by molar-refractivity contribution is 0.101. The zero-order valence-electron chi connectivity index (χ0n) is 10.1. The van der Waals surface area contributed by atoms with Gasteiger partial charge in [-0.25, -0.2) is 0 Å². The fourth-order valence-electron chi connectivity index (χ4n) is 1.85. The van der Waals surface area contributed by atoms with E-state index in [9.17, 15) is 4.79 Å². The number of allylic oxidation sites excluding steroid dienone is 1. The molecule has 0 saturated heterocycles. The van der Waals surface area contributed by atoms with Gasteiger partial charge in [-0.15, -0.1) is 0 Å². The molecule has 0 heterocycles. The largest absolute Gasteiger partial charge is 0.295 e. The van der Waals surface area contributed by atoms with Gasteiger partial charge < -0.3 is 0 Å². The Morgan fingerprint density at radius 3 is 2.27 bits per heavy atom. The van der Waals surface area contributed by atoms with Crippen molar-refractivity contribution in [2.75, 3.05) is 0 Å². The van der Waals surface area contributed by atoms with Crippen molar-refractivity contribution in [3.8, 4) is 0 Å². The van der Waals surface area contributed by atoms with Gasteiger partial charge in [0.05, 0.1) is 0 Å². The minimum Gasteiger partial charge on any atom is -0.295 e. The second-order valence-corrected chi connectivity index (χ2v) is 3.96. The Hall–Kier alpha value is -1.37. The maximum Gasteiger partial charge on any atom is 0.160 e. The number of hydrogen-bond donors (Lipinski definition) is 0. The van der Waals surface area contributed by atoms with Gasteiger partial charge in [0.15, 0.2) is 5.78 Å². The predicted molar refractivity (Wildman–Crippen MR) is 65.4 cm³/mol. The van der Waals surface area contributed by atoms with Crippen LogP contribution in [0.2, 0.25) is 0 Å². The molecule has 0 bridgehead atoms. The zero-order valence-corrected chi connectivity index (χ0v) is 10.1. The molecule has 0 saturated carbocycles. The molecule has 0 spiro atoms. The van der Waals surface area contributed by atoms with Gasteiger partial charge in [0, 0.05) is 5.56 Å². The first-order valence-electron chi connectivity index (χ1n) is 5.23. The molecule has 0 radical (unpaired) electrons. The molecule has 0 aromatic heterocycles. The number of benzene rings is 1. The molecule has 1 nitrogen and oxygen atoms in total. The molecule has 80 valence electrons. The highest BCUT2D eigenvalue weighted by atomic mass is 16.1. The van der Waals surface area contributed by atoms with Crippen molar-refractivity contribution in [1.82, 2.24) is 0 Å². The molecular formula is C14H18O. The van der Waals surface area contributed by atoms with Gasteiger partial charge in [0.25, 0.3) is 0 Å². The SMILES string of the molecule is C/C=C/c1c(C)c(C)cc(C(C)=O)c1C. The smallest absolute Gasteiger partial charge is 0.160 e. The number of hydrogen-bond acceptors (Lipinski definition) is 1. The van der Waals surface area contributed by atoms with Crippen LogP contribution in [0.15, 0.2) is 12.1 Å². The van der Waals surface area contributed by atoms with E-state index in [0.29, 0.717) is 0 Å². The number of carbonyl (C=O) groups excluding carboxylic acids is 1. The van der Waals surface area contributed by atoms with E-state index in [1.54, 1.807) is 6.92 Å². The molecule has 1 aromatic carbocycles. The maximum absolute atomic E-state index is 11.5. The molecule has 1 aromatic rings. The second-order valence-electron chi connectivity index (χ2n) is 3.96. The van der Waals surface area contributed by atoms with Gasteiger partial charge in [-0.1, -0.05) is 12.2 Å². The summed E-state index contributed by atoms with van der Waals surface area (Å²) in [6.07, 6.45) is 4.09.